The standard InChI is InChI=1S/C14H19FN2.2ClH/c15-13-3-1-12-10-14(4-2-11(12)9-13)17-7-5-16-6-8-17;;/h1,3,9,14,16H,2,4-8,10H2;2*1H. The Hall–Kier alpha value is -0.350. The number of hydrogen-bond donors (Lipinski definition) is 1. The van der Waals surface area contributed by atoms with Gasteiger partial charge in [0.2, 0.25) is 0 Å². The van der Waals surface area contributed by atoms with E-state index in [0.717, 1.165) is 39.0 Å². The fourth-order valence-corrected chi connectivity index (χ4v) is 3.06. The normalized spacial score (nSPS) is 22.9. The van der Waals surface area contributed by atoms with Crippen molar-refractivity contribution >= 4 is 24.8 Å². The molecule has 1 aromatic carbocycles. The minimum absolute atomic E-state index is 0. The molecule has 3 rings (SSSR count). The molecule has 1 fully saturated rings. The molecule has 1 unspecified atom stereocenters. The second-order valence-corrected chi connectivity index (χ2v) is 5.10. The highest BCUT2D eigenvalue weighted by atomic mass is 35.5. The van der Waals surface area contributed by atoms with Crippen LogP contribution in [0.2, 0.25) is 0 Å². The number of rotatable bonds is 1. The number of fused-ring (bicyclic) bond motifs is 1. The molecule has 5 heteroatoms. The van der Waals surface area contributed by atoms with E-state index in [1.807, 2.05) is 6.07 Å². The highest BCUT2D eigenvalue weighted by Crippen LogP contribution is 2.25. The van der Waals surface area contributed by atoms with Gasteiger partial charge in [-0.25, -0.2) is 4.39 Å². The Morgan fingerprint density at radius 1 is 1.11 bits per heavy atom. The van der Waals surface area contributed by atoms with Crippen LogP contribution in [-0.4, -0.2) is 37.1 Å². The third-order valence-corrected chi connectivity index (χ3v) is 4.04. The summed E-state index contributed by atoms with van der Waals surface area (Å²) < 4.78 is 13.1. The number of hydrogen-bond acceptors (Lipinski definition) is 2. The van der Waals surface area contributed by atoms with Crippen LogP contribution in [0.15, 0.2) is 18.2 Å². The second kappa shape index (κ2) is 7.44. The van der Waals surface area contributed by atoms with Crippen LogP contribution in [0.4, 0.5) is 4.39 Å². The van der Waals surface area contributed by atoms with Crippen molar-refractivity contribution in [2.45, 2.75) is 25.3 Å². The first-order valence-corrected chi connectivity index (χ1v) is 6.55. The van der Waals surface area contributed by atoms with E-state index in [-0.39, 0.29) is 30.6 Å². The second-order valence-electron chi connectivity index (χ2n) is 5.10. The van der Waals surface area contributed by atoms with Gasteiger partial charge in [-0.15, -0.1) is 24.8 Å². The maximum absolute atomic E-state index is 13.1. The molecule has 19 heavy (non-hydrogen) atoms. The highest BCUT2D eigenvalue weighted by Gasteiger charge is 2.25. The maximum Gasteiger partial charge on any atom is 0.123 e. The topological polar surface area (TPSA) is 15.3 Å². The van der Waals surface area contributed by atoms with E-state index in [1.165, 1.54) is 17.5 Å². The van der Waals surface area contributed by atoms with E-state index in [4.69, 9.17) is 0 Å². The van der Waals surface area contributed by atoms with Crippen LogP contribution in [0, 0.1) is 5.82 Å². The fourth-order valence-electron chi connectivity index (χ4n) is 3.06. The molecule has 108 valence electrons. The zero-order valence-electron chi connectivity index (χ0n) is 10.9. The van der Waals surface area contributed by atoms with E-state index in [1.54, 1.807) is 12.1 Å². The van der Waals surface area contributed by atoms with Gasteiger partial charge in [-0.1, -0.05) is 6.07 Å². The van der Waals surface area contributed by atoms with Gasteiger partial charge in [0.05, 0.1) is 0 Å². The Morgan fingerprint density at radius 3 is 2.58 bits per heavy atom. The van der Waals surface area contributed by atoms with Gasteiger partial charge >= 0.3 is 0 Å². The van der Waals surface area contributed by atoms with Crippen LogP contribution >= 0.6 is 24.8 Å². The van der Waals surface area contributed by atoms with Crippen molar-refractivity contribution in [1.82, 2.24) is 10.2 Å². The predicted octanol–water partition coefficient (Wildman–Crippen LogP) is 2.43. The molecule has 1 saturated heterocycles. The summed E-state index contributed by atoms with van der Waals surface area (Å²) >= 11 is 0. The first kappa shape index (κ1) is 16.7. The monoisotopic (exact) mass is 306 g/mol. The van der Waals surface area contributed by atoms with Gasteiger partial charge in [0.25, 0.3) is 0 Å². The number of nitrogens with zero attached hydrogens (tertiary/aromatic N) is 1. The van der Waals surface area contributed by atoms with Gasteiger partial charge in [-0.05, 0) is 42.5 Å². The molecule has 0 spiro atoms. The quantitative estimate of drug-likeness (QED) is 0.857. The highest BCUT2D eigenvalue weighted by molar-refractivity contribution is 5.85. The Kier molecular flexibility index (Phi) is 6.54. The molecule has 0 aromatic heterocycles. The molecular formula is C14H21Cl2FN2. The lowest BCUT2D eigenvalue weighted by Gasteiger charge is -2.37. The number of piperazine rings is 1. The Balaban J connectivity index is 0.000000902. The van der Waals surface area contributed by atoms with E-state index >= 15 is 0 Å². The third kappa shape index (κ3) is 3.82. The molecule has 0 saturated carbocycles. The Bertz CT molecular complexity index is 408. The molecule has 2 aliphatic rings. The van der Waals surface area contributed by atoms with Crippen LogP contribution in [0.1, 0.15) is 17.5 Å². The summed E-state index contributed by atoms with van der Waals surface area (Å²) in [5.41, 5.74) is 2.57. The molecule has 2 nitrogen and oxygen atoms in total. The molecular weight excluding hydrogens is 286 g/mol. The largest absolute Gasteiger partial charge is 0.314 e. The minimum atomic E-state index is -0.0932. The lowest BCUT2D eigenvalue weighted by Crippen LogP contribution is -2.50. The van der Waals surface area contributed by atoms with Gasteiger partial charge in [0.15, 0.2) is 0 Å². The van der Waals surface area contributed by atoms with Crippen LogP contribution < -0.4 is 5.32 Å². The molecule has 1 atom stereocenters. The number of benzene rings is 1. The Labute approximate surface area is 126 Å². The van der Waals surface area contributed by atoms with Crippen molar-refractivity contribution in [2.24, 2.45) is 0 Å². The zero-order valence-corrected chi connectivity index (χ0v) is 12.5. The molecule has 1 aliphatic heterocycles. The summed E-state index contributed by atoms with van der Waals surface area (Å²) in [5, 5.41) is 3.39. The maximum atomic E-state index is 13.1. The fraction of sp³-hybridized carbons (Fsp3) is 0.571. The lowest BCUT2D eigenvalue weighted by molar-refractivity contribution is 0.159. The van der Waals surface area contributed by atoms with Crippen molar-refractivity contribution in [3.63, 3.8) is 0 Å². The van der Waals surface area contributed by atoms with Crippen molar-refractivity contribution in [3.05, 3.63) is 35.1 Å². The predicted molar refractivity (Wildman–Crippen MR) is 81.2 cm³/mol. The summed E-state index contributed by atoms with van der Waals surface area (Å²) in [4.78, 5) is 2.59. The lowest BCUT2D eigenvalue weighted by atomic mass is 9.87. The van der Waals surface area contributed by atoms with Crippen molar-refractivity contribution in [2.75, 3.05) is 26.2 Å². The van der Waals surface area contributed by atoms with E-state index in [0.29, 0.717) is 6.04 Å². The number of nitrogens with one attached hydrogen (secondary N) is 1. The van der Waals surface area contributed by atoms with Gasteiger partial charge in [-0.3, -0.25) is 4.90 Å². The summed E-state index contributed by atoms with van der Waals surface area (Å²) in [5.74, 6) is -0.0932. The summed E-state index contributed by atoms with van der Waals surface area (Å²) in [7, 11) is 0. The molecule has 1 heterocycles. The number of halogens is 3. The Morgan fingerprint density at radius 2 is 1.84 bits per heavy atom. The molecule has 1 aromatic rings. The van der Waals surface area contributed by atoms with Crippen molar-refractivity contribution < 1.29 is 4.39 Å². The van der Waals surface area contributed by atoms with E-state index < -0.39 is 0 Å². The smallest absolute Gasteiger partial charge is 0.123 e. The van der Waals surface area contributed by atoms with Gasteiger partial charge in [0, 0.05) is 32.2 Å². The summed E-state index contributed by atoms with van der Waals surface area (Å²) in [6.07, 6.45) is 3.30. The van der Waals surface area contributed by atoms with Crippen LogP contribution in [0.25, 0.3) is 0 Å². The van der Waals surface area contributed by atoms with Crippen LogP contribution in [0.3, 0.4) is 0 Å². The summed E-state index contributed by atoms with van der Waals surface area (Å²) in [6.45, 7) is 4.52. The minimum Gasteiger partial charge on any atom is -0.314 e. The molecule has 0 bridgehead atoms. The van der Waals surface area contributed by atoms with Gasteiger partial charge in [0.1, 0.15) is 5.82 Å². The average molecular weight is 307 g/mol. The molecule has 0 radical (unpaired) electrons. The number of aryl methyl sites for hydroxylation is 1. The van der Waals surface area contributed by atoms with Crippen molar-refractivity contribution in [1.29, 1.82) is 0 Å². The van der Waals surface area contributed by atoms with Gasteiger partial charge in [-0.2, -0.15) is 0 Å². The third-order valence-electron chi connectivity index (χ3n) is 4.04. The molecule has 1 aliphatic carbocycles. The van der Waals surface area contributed by atoms with Gasteiger partial charge < -0.3 is 5.32 Å². The zero-order chi connectivity index (χ0) is 11.7. The average Bonchev–Trinajstić information content (AvgIpc) is 2.39. The SMILES string of the molecule is Cl.Cl.Fc1ccc2c(c1)CCC(N1CCNCC1)C2. The van der Waals surface area contributed by atoms with Crippen LogP contribution in [-0.2, 0) is 12.8 Å². The first-order valence-electron chi connectivity index (χ1n) is 6.55. The summed E-state index contributed by atoms with van der Waals surface area (Å²) in [6, 6.07) is 5.94. The van der Waals surface area contributed by atoms with E-state index in [9.17, 15) is 4.39 Å². The molecule has 1 N–H and O–H groups in total. The van der Waals surface area contributed by atoms with Crippen molar-refractivity contribution in [3.8, 4) is 0 Å². The van der Waals surface area contributed by atoms with Crippen LogP contribution in [0.5, 0.6) is 0 Å². The molecule has 0 amide bonds. The van der Waals surface area contributed by atoms with E-state index in [2.05, 4.69) is 10.2 Å². The first-order chi connectivity index (χ1) is 8.33.